The Kier molecular flexibility index (Phi) is 6.48. The van der Waals surface area contributed by atoms with E-state index in [4.69, 9.17) is 5.11 Å². The number of amides is 2. The number of carboxylic acids is 1. The first-order valence-corrected chi connectivity index (χ1v) is 7.99. The second kappa shape index (κ2) is 7.64. The number of carbonyl (C=O) groups excluding carboxylic acids is 1. The molecule has 1 aromatic rings. The third-order valence-corrected chi connectivity index (χ3v) is 4.80. The average molecular weight is 363 g/mol. The SMILES string of the molecule is CCC(C)C(NC(=O)N(C)Cc1cc(Br)cs1)C(=O)O. The number of hydrogen-bond donors (Lipinski definition) is 2. The maximum Gasteiger partial charge on any atom is 0.326 e. The Bertz CT molecular complexity index is 478. The number of aliphatic carboxylic acids is 1. The summed E-state index contributed by atoms with van der Waals surface area (Å²) >= 11 is 4.91. The van der Waals surface area contributed by atoms with Crippen molar-refractivity contribution in [3.05, 3.63) is 20.8 Å². The number of thiophene rings is 1. The van der Waals surface area contributed by atoms with E-state index in [-0.39, 0.29) is 11.9 Å². The van der Waals surface area contributed by atoms with Gasteiger partial charge < -0.3 is 15.3 Å². The van der Waals surface area contributed by atoms with E-state index >= 15 is 0 Å². The van der Waals surface area contributed by atoms with Crippen LogP contribution in [0.2, 0.25) is 0 Å². The highest BCUT2D eigenvalue weighted by Gasteiger charge is 2.26. The van der Waals surface area contributed by atoms with Crippen LogP contribution in [0.3, 0.4) is 0 Å². The normalized spacial score (nSPS) is 13.6. The van der Waals surface area contributed by atoms with Crippen LogP contribution in [-0.4, -0.2) is 35.1 Å². The van der Waals surface area contributed by atoms with Crippen LogP contribution >= 0.6 is 27.3 Å². The van der Waals surface area contributed by atoms with Crippen LogP contribution in [-0.2, 0) is 11.3 Å². The molecule has 0 aliphatic carbocycles. The minimum absolute atomic E-state index is 0.110. The van der Waals surface area contributed by atoms with Gasteiger partial charge in [0.1, 0.15) is 6.04 Å². The van der Waals surface area contributed by atoms with E-state index in [1.807, 2.05) is 25.3 Å². The van der Waals surface area contributed by atoms with Crippen molar-refractivity contribution in [3.63, 3.8) is 0 Å². The summed E-state index contributed by atoms with van der Waals surface area (Å²) in [6.07, 6.45) is 0.693. The Labute approximate surface area is 131 Å². The fourth-order valence-corrected chi connectivity index (χ4v) is 3.17. The van der Waals surface area contributed by atoms with Gasteiger partial charge in [-0.15, -0.1) is 11.3 Å². The van der Waals surface area contributed by atoms with Crippen LogP contribution in [0, 0.1) is 5.92 Å². The zero-order valence-corrected chi connectivity index (χ0v) is 14.1. The molecule has 5 nitrogen and oxygen atoms in total. The molecule has 0 saturated carbocycles. The van der Waals surface area contributed by atoms with Crippen molar-refractivity contribution >= 4 is 39.3 Å². The Hall–Kier alpha value is -1.08. The number of rotatable bonds is 6. The molecular formula is C13H19BrN2O3S. The van der Waals surface area contributed by atoms with E-state index in [0.717, 1.165) is 9.35 Å². The minimum Gasteiger partial charge on any atom is -0.480 e. The van der Waals surface area contributed by atoms with Gasteiger partial charge in [-0.3, -0.25) is 0 Å². The predicted octanol–water partition coefficient (Wildman–Crippen LogP) is 3.15. The lowest BCUT2D eigenvalue weighted by atomic mass is 9.99. The fraction of sp³-hybridized carbons (Fsp3) is 0.538. The second-order valence-corrected chi connectivity index (χ2v) is 6.65. The van der Waals surface area contributed by atoms with Gasteiger partial charge in [-0.2, -0.15) is 0 Å². The molecule has 0 radical (unpaired) electrons. The highest BCUT2D eigenvalue weighted by atomic mass is 79.9. The van der Waals surface area contributed by atoms with Crippen LogP contribution in [0.5, 0.6) is 0 Å². The molecule has 0 aromatic carbocycles. The zero-order valence-electron chi connectivity index (χ0n) is 11.7. The molecule has 0 aliphatic rings. The largest absolute Gasteiger partial charge is 0.480 e. The van der Waals surface area contributed by atoms with Crippen LogP contribution in [0.15, 0.2) is 15.9 Å². The number of halogens is 1. The number of carboxylic acid groups (broad SMARTS) is 1. The van der Waals surface area contributed by atoms with Crippen molar-refractivity contribution in [1.29, 1.82) is 0 Å². The predicted molar refractivity (Wildman–Crippen MR) is 82.9 cm³/mol. The summed E-state index contributed by atoms with van der Waals surface area (Å²) in [5.41, 5.74) is 0. The van der Waals surface area contributed by atoms with E-state index in [0.29, 0.717) is 13.0 Å². The summed E-state index contributed by atoms with van der Waals surface area (Å²) in [6, 6.07) is 0.713. The molecule has 0 aliphatic heterocycles. The highest BCUT2D eigenvalue weighted by Crippen LogP contribution is 2.20. The summed E-state index contributed by atoms with van der Waals surface area (Å²) < 4.78 is 0.981. The van der Waals surface area contributed by atoms with Crippen molar-refractivity contribution in [2.75, 3.05) is 7.05 Å². The summed E-state index contributed by atoms with van der Waals surface area (Å²) in [5, 5.41) is 13.7. The average Bonchev–Trinajstić information content (AvgIpc) is 2.79. The smallest absolute Gasteiger partial charge is 0.326 e. The number of nitrogens with one attached hydrogen (secondary N) is 1. The zero-order chi connectivity index (χ0) is 15.3. The van der Waals surface area contributed by atoms with Gasteiger partial charge in [0.05, 0.1) is 6.54 Å². The van der Waals surface area contributed by atoms with E-state index < -0.39 is 12.0 Å². The van der Waals surface area contributed by atoms with Gasteiger partial charge in [0.2, 0.25) is 0 Å². The van der Waals surface area contributed by atoms with Crippen LogP contribution in [0.1, 0.15) is 25.1 Å². The van der Waals surface area contributed by atoms with Crippen LogP contribution < -0.4 is 5.32 Å². The maximum atomic E-state index is 12.0. The topological polar surface area (TPSA) is 69.6 Å². The van der Waals surface area contributed by atoms with Gasteiger partial charge in [-0.05, 0) is 27.9 Å². The quantitative estimate of drug-likeness (QED) is 0.816. The van der Waals surface area contributed by atoms with Crippen molar-refractivity contribution in [2.24, 2.45) is 5.92 Å². The van der Waals surface area contributed by atoms with E-state index in [1.165, 1.54) is 4.90 Å². The lowest BCUT2D eigenvalue weighted by Crippen LogP contribution is -2.49. The Morgan fingerprint density at radius 2 is 2.20 bits per heavy atom. The Morgan fingerprint density at radius 1 is 1.55 bits per heavy atom. The number of carbonyl (C=O) groups is 2. The minimum atomic E-state index is -1.00. The molecule has 7 heteroatoms. The molecule has 0 saturated heterocycles. The molecule has 2 unspecified atom stereocenters. The molecule has 2 N–H and O–H groups in total. The molecule has 1 aromatic heterocycles. The van der Waals surface area contributed by atoms with Crippen LogP contribution in [0.25, 0.3) is 0 Å². The molecule has 2 amide bonds. The van der Waals surface area contributed by atoms with Gasteiger partial charge in [0.15, 0.2) is 0 Å². The van der Waals surface area contributed by atoms with Gasteiger partial charge in [0.25, 0.3) is 0 Å². The maximum absolute atomic E-state index is 12.0. The number of urea groups is 1. The van der Waals surface area contributed by atoms with Gasteiger partial charge in [-0.1, -0.05) is 20.3 Å². The van der Waals surface area contributed by atoms with E-state index in [1.54, 1.807) is 18.4 Å². The molecule has 0 fully saturated rings. The molecule has 0 spiro atoms. The van der Waals surface area contributed by atoms with Gasteiger partial charge in [-0.25, -0.2) is 9.59 Å². The molecule has 112 valence electrons. The Balaban J connectivity index is 2.61. The molecule has 0 bridgehead atoms. The summed E-state index contributed by atoms with van der Waals surface area (Å²) in [5.74, 6) is -1.11. The van der Waals surface area contributed by atoms with E-state index in [9.17, 15) is 9.59 Å². The molecule has 1 rings (SSSR count). The monoisotopic (exact) mass is 362 g/mol. The van der Waals surface area contributed by atoms with E-state index in [2.05, 4.69) is 21.2 Å². The summed E-state index contributed by atoms with van der Waals surface area (Å²) in [7, 11) is 1.65. The number of hydrogen-bond acceptors (Lipinski definition) is 3. The van der Waals surface area contributed by atoms with Crippen molar-refractivity contribution in [2.45, 2.75) is 32.9 Å². The van der Waals surface area contributed by atoms with Crippen molar-refractivity contribution in [1.82, 2.24) is 10.2 Å². The first-order chi connectivity index (χ1) is 9.35. The molecule has 1 heterocycles. The summed E-state index contributed by atoms with van der Waals surface area (Å²) in [6.45, 7) is 4.17. The van der Waals surface area contributed by atoms with Gasteiger partial charge in [0, 0.05) is 21.8 Å². The van der Waals surface area contributed by atoms with Crippen molar-refractivity contribution < 1.29 is 14.7 Å². The first kappa shape index (κ1) is 17.0. The lowest BCUT2D eigenvalue weighted by molar-refractivity contribution is -0.140. The van der Waals surface area contributed by atoms with Crippen LogP contribution in [0.4, 0.5) is 4.79 Å². The highest BCUT2D eigenvalue weighted by molar-refractivity contribution is 9.10. The fourth-order valence-electron chi connectivity index (χ4n) is 1.67. The lowest BCUT2D eigenvalue weighted by Gasteiger charge is -2.24. The molecule has 20 heavy (non-hydrogen) atoms. The third kappa shape index (κ3) is 4.79. The second-order valence-electron chi connectivity index (χ2n) is 4.74. The van der Waals surface area contributed by atoms with Crippen molar-refractivity contribution in [3.8, 4) is 0 Å². The Morgan fingerprint density at radius 3 is 2.65 bits per heavy atom. The molecule has 2 atom stereocenters. The number of nitrogens with zero attached hydrogens (tertiary/aromatic N) is 1. The third-order valence-electron chi connectivity index (χ3n) is 3.12. The summed E-state index contributed by atoms with van der Waals surface area (Å²) in [4.78, 5) is 25.7. The standard InChI is InChI=1S/C13H19BrN2O3S/c1-4-8(2)11(12(17)18)15-13(19)16(3)6-10-5-9(14)7-20-10/h5,7-8,11H,4,6H2,1-3H3,(H,15,19)(H,17,18). The first-order valence-electron chi connectivity index (χ1n) is 6.32. The van der Waals surface area contributed by atoms with Gasteiger partial charge >= 0.3 is 12.0 Å². The molecular weight excluding hydrogens is 344 g/mol.